The van der Waals surface area contributed by atoms with E-state index >= 15 is 0 Å². The number of benzene rings is 1. The van der Waals surface area contributed by atoms with Crippen molar-refractivity contribution in [3.05, 3.63) is 84.8 Å². The van der Waals surface area contributed by atoms with E-state index in [1.807, 2.05) is 0 Å². The van der Waals surface area contributed by atoms with Gasteiger partial charge in [0, 0.05) is 0 Å². The Kier molecular flexibility index (Phi) is 6.52. The Hall–Kier alpha value is 0.337. The summed E-state index contributed by atoms with van der Waals surface area (Å²) in [6.07, 6.45) is 9.63. The molecular formula is C24H25HfI2Si. The third-order valence-corrected chi connectivity index (χ3v) is 20.5. The van der Waals surface area contributed by atoms with Crippen LogP contribution in [0.15, 0.2) is 73.7 Å². The summed E-state index contributed by atoms with van der Waals surface area (Å²) in [6.45, 7) is 12.1. The summed E-state index contributed by atoms with van der Waals surface area (Å²) >= 11 is 3.81. The predicted octanol–water partition coefficient (Wildman–Crippen LogP) is 7.73. The Morgan fingerprint density at radius 2 is 1.75 bits per heavy atom. The van der Waals surface area contributed by atoms with E-state index in [0.29, 0.717) is 11.8 Å². The standard InChI is InChI=1S/C24H25Si.Hf.2HI/c1-15-13-18-9-6-7-11-20(18)22(15)23-16(2)14-19-10-8-12-21(25(4)5)17(3)24(19)23;;;/h6-13,17,22H,1-5H3;;2*1H/q;+2;;/p-2. The first-order valence-corrected chi connectivity index (χ1v) is 34.5. The average Bonchev–Trinajstić information content (AvgIpc) is 3.04. The van der Waals surface area contributed by atoms with Gasteiger partial charge in [-0.2, -0.15) is 0 Å². The molecule has 0 fully saturated rings. The van der Waals surface area contributed by atoms with Crippen LogP contribution in [0.2, 0.25) is 13.1 Å². The molecule has 0 amide bonds. The van der Waals surface area contributed by atoms with E-state index in [2.05, 4.69) is 119 Å². The summed E-state index contributed by atoms with van der Waals surface area (Å²) in [5.41, 5.74) is 10.9. The molecule has 0 spiro atoms. The Labute approximate surface area is 197 Å². The van der Waals surface area contributed by atoms with Gasteiger partial charge >= 0.3 is 200 Å². The van der Waals surface area contributed by atoms with Gasteiger partial charge in [0.25, 0.3) is 0 Å². The Bertz CT molecular complexity index is 1050. The molecule has 0 heterocycles. The molecule has 28 heavy (non-hydrogen) atoms. The van der Waals surface area contributed by atoms with Crippen LogP contribution in [0.4, 0.5) is 0 Å². The molecule has 1 aromatic rings. The van der Waals surface area contributed by atoms with Gasteiger partial charge < -0.3 is 0 Å². The van der Waals surface area contributed by atoms with E-state index in [9.17, 15) is 0 Å². The van der Waals surface area contributed by atoms with E-state index in [1.54, 1.807) is 30.8 Å². The molecule has 4 heteroatoms. The second-order valence-electron chi connectivity index (χ2n) is 8.15. The summed E-state index contributed by atoms with van der Waals surface area (Å²) in [4.78, 5) is 0. The zero-order chi connectivity index (χ0) is 20.2. The van der Waals surface area contributed by atoms with Crippen LogP contribution in [0, 0.1) is 5.92 Å². The topological polar surface area (TPSA) is 0 Å². The van der Waals surface area contributed by atoms with Crippen molar-refractivity contribution in [3.63, 3.8) is 0 Å². The minimum atomic E-state index is -1.79. The molecule has 0 nitrogen and oxygen atoms in total. The van der Waals surface area contributed by atoms with Crippen molar-refractivity contribution >= 4 is 55.9 Å². The van der Waals surface area contributed by atoms with Gasteiger partial charge in [-0.1, -0.05) is 0 Å². The van der Waals surface area contributed by atoms with Crippen molar-refractivity contribution in [3.8, 4) is 0 Å². The van der Waals surface area contributed by atoms with Crippen LogP contribution < -0.4 is 0 Å². The minimum absolute atomic E-state index is 0.427. The van der Waals surface area contributed by atoms with Crippen molar-refractivity contribution in [2.75, 3.05) is 0 Å². The summed E-state index contributed by atoms with van der Waals surface area (Å²) in [6, 6.07) is 9.02. The van der Waals surface area contributed by atoms with Crippen LogP contribution in [0.1, 0.15) is 37.8 Å². The van der Waals surface area contributed by atoms with Crippen LogP contribution in [0.5, 0.6) is 0 Å². The average molecular weight is 774 g/mol. The fraction of sp³-hybridized carbons (Fsp3) is 0.292. The molecule has 2 atom stereocenters. The summed E-state index contributed by atoms with van der Waals surface area (Å²) in [7, 11) is -0.476. The summed E-state index contributed by atoms with van der Waals surface area (Å²) in [5.74, 6) is 0.951. The Morgan fingerprint density at radius 3 is 2.43 bits per heavy atom. The quantitative estimate of drug-likeness (QED) is 0.214. The van der Waals surface area contributed by atoms with Crippen LogP contribution in [-0.2, 0) is 13.1 Å². The first kappa shape index (κ1) is 21.6. The van der Waals surface area contributed by atoms with Gasteiger partial charge in [-0.25, -0.2) is 0 Å². The number of fused-ring (bicyclic) bond motifs is 2. The zero-order valence-corrected chi connectivity index (χ0v) is 25.9. The molecule has 0 saturated heterocycles. The molecule has 0 aromatic heterocycles. The fourth-order valence-electron chi connectivity index (χ4n) is 5.08. The molecule has 0 bridgehead atoms. The van der Waals surface area contributed by atoms with Gasteiger partial charge in [0.2, 0.25) is 0 Å². The normalized spacial score (nSPS) is 23.5. The fourth-order valence-corrected chi connectivity index (χ4v) is 20.9. The molecule has 4 rings (SSSR count). The van der Waals surface area contributed by atoms with Gasteiger partial charge in [0.15, 0.2) is 0 Å². The van der Waals surface area contributed by atoms with Crippen LogP contribution in [-0.4, -0.2) is 13.6 Å². The molecule has 2 unspecified atom stereocenters. The van der Waals surface area contributed by atoms with E-state index in [-0.39, 0.29) is 0 Å². The molecular weight excluding hydrogens is 749 g/mol. The predicted molar refractivity (Wildman–Crippen MR) is 139 cm³/mol. The maximum atomic E-state index is 2.80. The second-order valence-corrected chi connectivity index (χ2v) is 49.0. The van der Waals surface area contributed by atoms with Crippen LogP contribution >= 0.6 is 36.3 Å². The SMILES string of the molecule is CC1=Cc2ccccc2C1C1=C2C(=CC=CC(=[Si](C)C)C2C)[C]([Hf]([I])[I])=C1C. The van der Waals surface area contributed by atoms with Crippen molar-refractivity contribution in [2.24, 2.45) is 5.92 Å². The Morgan fingerprint density at radius 1 is 1.04 bits per heavy atom. The molecule has 143 valence electrons. The molecule has 0 radical (unpaired) electrons. The van der Waals surface area contributed by atoms with E-state index in [1.165, 1.54) is 16.7 Å². The van der Waals surface area contributed by atoms with Gasteiger partial charge in [-0.05, 0) is 0 Å². The zero-order valence-electron chi connectivity index (χ0n) is 17.0. The van der Waals surface area contributed by atoms with E-state index in [0.717, 1.165) is 0 Å². The number of halogens is 2. The third kappa shape index (κ3) is 3.52. The van der Waals surface area contributed by atoms with Gasteiger partial charge in [-0.15, -0.1) is 0 Å². The van der Waals surface area contributed by atoms with Crippen molar-refractivity contribution in [2.45, 2.75) is 39.8 Å². The molecule has 0 aliphatic heterocycles. The van der Waals surface area contributed by atoms with Gasteiger partial charge in [0.1, 0.15) is 0 Å². The van der Waals surface area contributed by atoms with Gasteiger partial charge in [0.05, 0.1) is 0 Å². The van der Waals surface area contributed by atoms with Gasteiger partial charge in [-0.3, -0.25) is 0 Å². The maximum absolute atomic E-state index is 2.80. The number of hydrogen-bond donors (Lipinski definition) is 0. The molecule has 3 aliphatic rings. The first-order valence-electron chi connectivity index (χ1n) is 9.80. The summed E-state index contributed by atoms with van der Waals surface area (Å²) in [5, 5.41) is 1.67. The number of allylic oxidation sites excluding steroid dienone is 9. The Balaban J connectivity index is 2.01. The summed E-state index contributed by atoms with van der Waals surface area (Å²) < 4.78 is 1.74. The first-order chi connectivity index (χ1) is 13.3. The molecule has 1 aromatic carbocycles. The molecule has 0 N–H and O–H groups in total. The monoisotopic (exact) mass is 775 g/mol. The van der Waals surface area contributed by atoms with Crippen LogP contribution in [0.25, 0.3) is 6.08 Å². The third-order valence-electron chi connectivity index (χ3n) is 6.27. The molecule has 0 saturated carbocycles. The van der Waals surface area contributed by atoms with E-state index < -0.39 is 21.5 Å². The molecule has 3 aliphatic carbocycles. The van der Waals surface area contributed by atoms with Crippen molar-refractivity contribution in [1.82, 2.24) is 0 Å². The number of rotatable bonds is 2. The van der Waals surface area contributed by atoms with Crippen molar-refractivity contribution in [1.29, 1.82) is 0 Å². The second kappa shape index (κ2) is 8.46. The van der Waals surface area contributed by atoms with Crippen molar-refractivity contribution < 1.29 is 13.1 Å². The number of hydrogen-bond acceptors (Lipinski definition) is 0. The van der Waals surface area contributed by atoms with E-state index in [4.69, 9.17) is 0 Å². The van der Waals surface area contributed by atoms with Crippen LogP contribution in [0.3, 0.4) is 0 Å².